The van der Waals surface area contributed by atoms with E-state index in [0.717, 1.165) is 29.9 Å². The molecule has 1 nitrogen and oxygen atoms in total. The minimum absolute atomic E-state index is 0.212. The van der Waals surface area contributed by atoms with E-state index < -0.39 is 0 Å². The normalized spacial score (nSPS) is 30.0. The summed E-state index contributed by atoms with van der Waals surface area (Å²) in [6.07, 6.45) is 5.68. The summed E-state index contributed by atoms with van der Waals surface area (Å²) < 4.78 is 13.1. The maximum atomic E-state index is 13.1. The fourth-order valence-corrected chi connectivity index (χ4v) is 3.88. The Morgan fingerprint density at radius 3 is 2.89 bits per heavy atom. The van der Waals surface area contributed by atoms with Crippen molar-refractivity contribution in [2.24, 2.45) is 17.8 Å². The first-order valence-corrected chi connectivity index (χ1v) is 7.25. The molecule has 0 saturated heterocycles. The molecule has 0 aliphatic heterocycles. The van der Waals surface area contributed by atoms with E-state index in [0.29, 0.717) is 11.6 Å². The van der Waals surface area contributed by atoms with Crippen molar-refractivity contribution in [3.8, 4) is 0 Å². The van der Waals surface area contributed by atoms with Crippen LogP contribution < -0.4 is 5.32 Å². The molecular formula is C15H19ClFN. The van der Waals surface area contributed by atoms with Gasteiger partial charge in [-0.3, -0.25) is 0 Å². The summed E-state index contributed by atoms with van der Waals surface area (Å²) in [5.41, 5.74) is 0.861. The molecule has 2 fully saturated rings. The highest BCUT2D eigenvalue weighted by Gasteiger charge is 2.38. The fourth-order valence-electron chi connectivity index (χ4n) is 3.70. The second-order valence-corrected chi connectivity index (χ2v) is 6.21. The Morgan fingerprint density at radius 1 is 1.28 bits per heavy atom. The number of halogens is 2. The Bertz CT molecular complexity index is 435. The first kappa shape index (κ1) is 12.4. The minimum atomic E-state index is -0.212. The first-order chi connectivity index (χ1) is 8.72. The standard InChI is InChI=1S/C15H19ClFN/c16-15-4-3-14(17)7-13(15)9-18-8-12-6-10-1-2-11(12)5-10/h3-4,7,10-12,18H,1-2,5-6,8-9H2. The third-order valence-electron chi connectivity index (χ3n) is 4.61. The maximum Gasteiger partial charge on any atom is 0.123 e. The zero-order chi connectivity index (χ0) is 12.5. The average molecular weight is 268 g/mol. The van der Waals surface area contributed by atoms with Crippen LogP contribution in [0.15, 0.2) is 18.2 Å². The summed E-state index contributed by atoms with van der Waals surface area (Å²) in [5.74, 6) is 2.54. The van der Waals surface area contributed by atoms with Gasteiger partial charge in [0.1, 0.15) is 5.82 Å². The summed E-state index contributed by atoms with van der Waals surface area (Å²) in [7, 11) is 0. The zero-order valence-electron chi connectivity index (χ0n) is 10.5. The Kier molecular flexibility index (Phi) is 3.58. The molecule has 3 unspecified atom stereocenters. The lowest BCUT2D eigenvalue weighted by Crippen LogP contribution is -2.26. The fraction of sp³-hybridized carbons (Fsp3) is 0.600. The molecule has 2 aliphatic carbocycles. The highest BCUT2D eigenvalue weighted by molar-refractivity contribution is 6.31. The van der Waals surface area contributed by atoms with E-state index in [-0.39, 0.29) is 5.82 Å². The average Bonchev–Trinajstić information content (AvgIpc) is 2.96. The van der Waals surface area contributed by atoms with Gasteiger partial charge in [0, 0.05) is 11.6 Å². The Labute approximate surface area is 113 Å². The van der Waals surface area contributed by atoms with Gasteiger partial charge >= 0.3 is 0 Å². The van der Waals surface area contributed by atoms with Gasteiger partial charge in [-0.05, 0) is 67.3 Å². The largest absolute Gasteiger partial charge is 0.312 e. The van der Waals surface area contributed by atoms with Crippen LogP contribution in [0.1, 0.15) is 31.2 Å². The van der Waals surface area contributed by atoms with Crippen LogP contribution in [0.25, 0.3) is 0 Å². The molecule has 3 rings (SSSR count). The molecular weight excluding hydrogens is 249 g/mol. The molecule has 0 aromatic heterocycles. The Balaban J connectivity index is 1.51. The van der Waals surface area contributed by atoms with Crippen molar-refractivity contribution >= 4 is 11.6 Å². The minimum Gasteiger partial charge on any atom is -0.312 e. The molecule has 1 aromatic carbocycles. The summed E-state index contributed by atoms with van der Waals surface area (Å²) in [4.78, 5) is 0. The molecule has 0 heterocycles. The Morgan fingerprint density at radius 2 is 2.17 bits per heavy atom. The molecule has 0 amide bonds. The number of benzene rings is 1. The second-order valence-electron chi connectivity index (χ2n) is 5.80. The number of hydrogen-bond donors (Lipinski definition) is 1. The lowest BCUT2D eigenvalue weighted by atomic mass is 9.89. The third-order valence-corrected chi connectivity index (χ3v) is 4.98. The molecule has 18 heavy (non-hydrogen) atoms. The Hall–Kier alpha value is -0.600. The van der Waals surface area contributed by atoms with E-state index in [1.54, 1.807) is 6.07 Å². The van der Waals surface area contributed by atoms with Crippen LogP contribution in [0.4, 0.5) is 4.39 Å². The van der Waals surface area contributed by atoms with Crippen molar-refractivity contribution in [2.45, 2.75) is 32.2 Å². The first-order valence-electron chi connectivity index (χ1n) is 6.87. The van der Waals surface area contributed by atoms with Crippen LogP contribution in [0.2, 0.25) is 5.02 Å². The van der Waals surface area contributed by atoms with Crippen molar-refractivity contribution in [3.05, 3.63) is 34.6 Å². The smallest absolute Gasteiger partial charge is 0.123 e. The zero-order valence-corrected chi connectivity index (χ0v) is 11.2. The molecule has 0 radical (unpaired) electrons. The SMILES string of the molecule is Fc1ccc(Cl)c(CNCC2CC3CCC2C3)c1. The van der Waals surface area contributed by atoms with Crippen LogP contribution in [0.3, 0.4) is 0 Å². The molecule has 3 atom stereocenters. The van der Waals surface area contributed by atoms with Crippen molar-refractivity contribution in [1.29, 1.82) is 0 Å². The van der Waals surface area contributed by atoms with E-state index in [9.17, 15) is 4.39 Å². The van der Waals surface area contributed by atoms with Crippen LogP contribution in [0.5, 0.6) is 0 Å². The van der Waals surface area contributed by atoms with Crippen LogP contribution in [0, 0.1) is 23.6 Å². The van der Waals surface area contributed by atoms with E-state index in [1.807, 2.05) is 0 Å². The lowest BCUT2D eigenvalue weighted by Gasteiger charge is -2.22. The van der Waals surface area contributed by atoms with Crippen molar-refractivity contribution < 1.29 is 4.39 Å². The number of fused-ring (bicyclic) bond motifs is 2. The van der Waals surface area contributed by atoms with Gasteiger partial charge in [0.25, 0.3) is 0 Å². The number of rotatable bonds is 4. The van der Waals surface area contributed by atoms with E-state index in [1.165, 1.54) is 37.8 Å². The van der Waals surface area contributed by atoms with Gasteiger partial charge in [0.2, 0.25) is 0 Å². The third kappa shape index (κ3) is 2.55. The highest BCUT2D eigenvalue weighted by Crippen LogP contribution is 2.47. The highest BCUT2D eigenvalue weighted by atomic mass is 35.5. The van der Waals surface area contributed by atoms with E-state index in [2.05, 4.69) is 5.32 Å². The monoisotopic (exact) mass is 267 g/mol. The molecule has 2 bridgehead atoms. The van der Waals surface area contributed by atoms with Gasteiger partial charge < -0.3 is 5.32 Å². The van der Waals surface area contributed by atoms with Crippen LogP contribution in [-0.2, 0) is 6.54 Å². The quantitative estimate of drug-likeness (QED) is 0.869. The van der Waals surface area contributed by atoms with Gasteiger partial charge in [0.15, 0.2) is 0 Å². The van der Waals surface area contributed by atoms with Crippen molar-refractivity contribution in [1.82, 2.24) is 5.32 Å². The molecule has 2 aliphatic rings. The molecule has 2 saturated carbocycles. The van der Waals surface area contributed by atoms with Crippen molar-refractivity contribution in [3.63, 3.8) is 0 Å². The number of hydrogen-bond acceptors (Lipinski definition) is 1. The van der Waals surface area contributed by atoms with Gasteiger partial charge in [-0.25, -0.2) is 4.39 Å². The number of nitrogens with one attached hydrogen (secondary N) is 1. The molecule has 98 valence electrons. The van der Waals surface area contributed by atoms with E-state index >= 15 is 0 Å². The predicted molar refractivity (Wildman–Crippen MR) is 72.1 cm³/mol. The second kappa shape index (κ2) is 5.18. The topological polar surface area (TPSA) is 12.0 Å². The summed E-state index contributed by atoms with van der Waals surface area (Å²) >= 11 is 6.05. The van der Waals surface area contributed by atoms with Gasteiger partial charge in [0.05, 0.1) is 0 Å². The summed E-state index contributed by atoms with van der Waals surface area (Å²) in [5, 5.41) is 4.10. The van der Waals surface area contributed by atoms with Crippen LogP contribution in [-0.4, -0.2) is 6.54 Å². The maximum absolute atomic E-state index is 13.1. The molecule has 3 heteroatoms. The lowest BCUT2D eigenvalue weighted by molar-refractivity contribution is 0.318. The molecule has 0 spiro atoms. The summed E-state index contributed by atoms with van der Waals surface area (Å²) in [6, 6.07) is 4.56. The molecule has 1 aromatic rings. The van der Waals surface area contributed by atoms with E-state index in [4.69, 9.17) is 11.6 Å². The van der Waals surface area contributed by atoms with Gasteiger partial charge in [-0.15, -0.1) is 0 Å². The molecule has 1 N–H and O–H groups in total. The van der Waals surface area contributed by atoms with Gasteiger partial charge in [-0.2, -0.15) is 0 Å². The summed E-state index contributed by atoms with van der Waals surface area (Å²) in [6.45, 7) is 1.72. The van der Waals surface area contributed by atoms with Crippen molar-refractivity contribution in [2.75, 3.05) is 6.54 Å². The van der Waals surface area contributed by atoms with Gasteiger partial charge in [-0.1, -0.05) is 18.0 Å². The predicted octanol–water partition coefficient (Wildman–Crippen LogP) is 4.00. The van der Waals surface area contributed by atoms with Crippen LogP contribution >= 0.6 is 11.6 Å².